The van der Waals surface area contributed by atoms with Crippen molar-refractivity contribution in [3.05, 3.63) is 30.3 Å². The summed E-state index contributed by atoms with van der Waals surface area (Å²) in [7, 11) is 1.38. The molecule has 1 unspecified atom stereocenters. The van der Waals surface area contributed by atoms with E-state index in [0.717, 1.165) is 4.90 Å². The van der Waals surface area contributed by atoms with E-state index in [1.54, 1.807) is 30.3 Å². The second kappa shape index (κ2) is 4.85. The Bertz CT molecular complexity index is 453. The van der Waals surface area contributed by atoms with Gasteiger partial charge in [0, 0.05) is 19.3 Å². The number of hydrogen-bond acceptors (Lipinski definition) is 2. The summed E-state index contributed by atoms with van der Waals surface area (Å²) in [5.74, 6) is -0.906. The third-order valence-corrected chi connectivity index (χ3v) is 3.56. The van der Waals surface area contributed by atoms with Gasteiger partial charge in [0.05, 0.1) is 0 Å². The predicted molar refractivity (Wildman–Crippen MR) is 65.8 cm³/mol. The number of amides is 1. The second-order valence-corrected chi connectivity index (χ2v) is 4.71. The largest absolute Gasteiger partial charge is 0.404 e. The average Bonchev–Trinajstić information content (AvgIpc) is 2.88. The molecule has 3 nitrogen and oxygen atoms in total. The first kappa shape index (κ1) is 13.9. The number of rotatable bonds is 2. The zero-order chi connectivity index (χ0) is 14.1. The molecule has 0 spiro atoms. The van der Waals surface area contributed by atoms with Crippen LogP contribution in [0.15, 0.2) is 30.3 Å². The van der Waals surface area contributed by atoms with E-state index in [0.29, 0.717) is 5.69 Å². The maximum atomic E-state index is 13.3. The molecule has 1 N–H and O–H groups in total. The molecule has 6 heteroatoms. The molecule has 0 aliphatic carbocycles. The zero-order valence-electron chi connectivity index (χ0n) is 10.5. The number of halogens is 3. The Balaban J connectivity index is 2.31. The number of para-hydroxylation sites is 1. The first-order valence-corrected chi connectivity index (χ1v) is 5.99. The maximum Gasteiger partial charge on any atom is 0.404 e. The van der Waals surface area contributed by atoms with Gasteiger partial charge in [-0.25, -0.2) is 0 Å². The summed E-state index contributed by atoms with van der Waals surface area (Å²) in [6.45, 7) is -0.152. The lowest BCUT2D eigenvalue weighted by molar-refractivity contribution is -0.214. The van der Waals surface area contributed by atoms with Crippen LogP contribution >= 0.6 is 0 Å². The minimum Gasteiger partial charge on any atom is -0.315 e. The third kappa shape index (κ3) is 2.32. The number of anilines is 1. The van der Waals surface area contributed by atoms with Crippen LogP contribution < -0.4 is 10.2 Å². The van der Waals surface area contributed by atoms with Crippen molar-refractivity contribution in [3.63, 3.8) is 0 Å². The Labute approximate surface area is 109 Å². The molecule has 19 heavy (non-hydrogen) atoms. The minimum absolute atomic E-state index is 0.202. The molecule has 1 heterocycles. The fourth-order valence-electron chi connectivity index (χ4n) is 2.33. The van der Waals surface area contributed by atoms with Gasteiger partial charge in [-0.2, -0.15) is 13.2 Å². The number of hydrogen-bond donors (Lipinski definition) is 1. The standard InChI is InChI=1S/C13H15F3N2O/c1-18(10-5-3-2-4-6-10)11(19)12(13(14,15)16)7-8-17-9-12/h2-6,17H,7-9H2,1H3. The topological polar surface area (TPSA) is 32.3 Å². The van der Waals surface area contributed by atoms with Crippen LogP contribution in [-0.2, 0) is 4.79 Å². The Morgan fingerprint density at radius 3 is 2.42 bits per heavy atom. The number of carbonyl (C=O) groups excluding carboxylic acids is 1. The van der Waals surface area contributed by atoms with Gasteiger partial charge in [-0.15, -0.1) is 0 Å². The monoisotopic (exact) mass is 272 g/mol. The number of nitrogens with one attached hydrogen (secondary N) is 1. The summed E-state index contributed by atoms with van der Waals surface area (Å²) in [6.07, 6.45) is -4.76. The van der Waals surface area contributed by atoms with Crippen molar-refractivity contribution in [1.29, 1.82) is 0 Å². The van der Waals surface area contributed by atoms with Gasteiger partial charge in [-0.3, -0.25) is 4.79 Å². The van der Waals surface area contributed by atoms with Crippen molar-refractivity contribution < 1.29 is 18.0 Å². The molecule has 1 aromatic carbocycles. The molecular formula is C13H15F3N2O. The van der Waals surface area contributed by atoms with Crippen molar-refractivity contribution in [1.82, 2.24) is 5.32 Å². The Morgan fingerprint density at radius 1 is 1.32 bits per heavy atom. The molecule has 1 aliphatic heterocycles. The van der Waals surface area contributed by atoms with Gasteiger partial charge < -0.3 is 10.2 Å². The normalized spacial score (nSPS) is 23.4. The van der Waals surface area contributed by atoms with Crippen LogP contribution in [0.5, 0.6) is 0 Å². The van der Waals surface area contributed by atoms with Gasteiger partial charge in [-0.1, -0.05) is 18.2 Å². The fraction of sp³-hybridized carbons (Fsp3) is 0.462. The van der Waals surface area contributed by atoms with Crippen molar-refractivity contribution in [2.75, 3.05) is 25.0 Å². The van der Waals surface area contributed by atoms with E-state index in [4.69, 9.17) is 0 Å². The highest BCUT2D eigenvalue weighted by atomic mass is 19.4. The highest BCUT2D eigenvalue weighted by Crippen LogP contribution is 2.44. The Morgan fingerprint density at radius 2 is 1.95 bits per heavy atom. The van der Waals surface area contributed by atoms with Crippen LogP contribution in [0.25, 0.3) is 0 Å². The van der Waals surface area contributed by atoms with Crippen molar-refractivity contribution >= 4 is 11.6 Å². The van der Waals surface area contributed by atoms with Gasteiger partial charge in [0.25, 0.3) is 0 Å². The molecular weight excluding hydrogens is 257 g/mol. The molecule has 1 amide bonds. The highest BCUT2D eigenvalue weighted by molar-refractivity contribution is 5.98. The first-order valence-electron chi connectivity index (χ1n) is 5.99. The van der Waals surface area contributed by atoms with Gasteiger partial charge in [0.2, 0.25) is 5.91 Å². The summed E-state index contributed by atoms with van der Waals surface area (Å²) in [4.78, 5) is 13.4. The number of nitrogens with zero attached hydrogens (tertiary/aromatic N) is 1. The van der Waals surface area contributed by atoms with Crippen molar-refractivity contribution in [2.45, 2.75) is 12.6 Å². The predicted octanol–water partition coefficient (Wildman–Crippen LogP) is 2.19. The van der Waals surface area contributed by atoms with E-state index < -0.39 is 17.5 Å². The van der Waals surface area contributed by atoms with Gasteiger partial charge in [0.1, 0.15) is 0 Å². The van der Waals surface area contributed by atoms with E-state index in [-0.39, 0.29) is 19.5 Å². The fourth-order valence-corrected chi connectivity index (χ4v) is 2.33. The number of alkyl halides is 3. The van der Waals surface area contributed by atoms with E-state index in [1.165, 1.54) is 7.05 Å². The average molecular weight is 272 g/mol. The van der Waals surface area contributed by atoms with Crippen LogP contribution in [0.1, 0.15) is 6.42 Å². The smallest absolute Gasteiger partial charge is 0.315 e. The molecule has 0 radical (unpaired) electrons. The quantitative estimate of drug-likeness (QED) is 0.895. The summed E-state index contributed by atoms with van der Waals surface area (Å²) >= 11 is 0. The van der Waals surface area contributed by atoms with Crippen molar-refractivity contribution in [2.24, 2.45) is 5.41 Å². The van der Waals surface area contributed by atoms with Crippen LogP contribution in [0.4, 0.5) is 18.9 Å². The molecule has 104 valence electrons. The number of carbonyl (C=O) groups is 1. The van der Waals surface area contributed by atoms with Crippen LogP contribution in [-0.4, -0.2) is 32.2 Å². The molecule has 0 saturated carbocycles. The van der Waals surface area contributed by atoms with Gasteiger partial charge >= 0.3 is 6.18 Å². The Hall–Kier alpha value is -1.56. The third-order valence-electron chi connectivity index (χ3n) is 3.56. The van der Waals surface area contributed by atoms with Gasteiger partial charge in [-0.05, 0) is 25.1 Å². The zero-order valence-corrected chi connectivity index (χ0v) is 10.5. The summed E-state index contributed by atoms with van der Waals surface area (Å²) < 4.78 is 39.8. The lowest BCUT2D eigenvalue weighted by Crippen LogP contribution is -2.52. The van der Waals surface area contributed by atoms with Gasteiger partial charge in [0.15, 0.2) is 5.41 Å². The molecule has 1 aliphatic rings. The van der Waals surface area contributed by atoms with Crippen LogP contribution in [0.2, 0.25) is 0 Å². The van der Waals surface area contributed by atoms with E-state index >= 15 is 0 Å². The summed E-state index contributed by atoms with van der Waals surface area (Å²) in [5, 5.41) is 2.64. The molecule has 1 atom stereocenters. The van der Waals surface area contributed by atoms with Crippen LogP contribution in [0.3, 0.4) is 0 Å². The molecule has 0 aromatic heterocycles. The number of benzene rings is 1. The first-order chi connectivity index (χ1) is 8.88. The lowest BCUT2D eigenvalue weighted by Gasteiger charge is -2.33. The molecule has 0 bridgehead atoms. The molecule has 1 fully saturated rings. The van der Waals surface area contributed by atoms with Crippen molar-refractivity contribution in [3.8, 4) is 0 Å². The summed E-state index contributed by atoms with van der Waals surface area (Å²) in [6, 6.07) is 8.35. The van der Waals surface area contributed by atoms with E-state index in [9.17, 15) is 18.0 Å². The molecule has 1 aromatic rings. The maximum absolute atomic E-state index is 13.3. The highest BCUT2D eigenvalue weighted by Gasteiger charge is 2.62. The second-order valence-electron chi connectivity index (χ2n) is 4.71. The Kier molecular flexibility index (Phi) is 3.54. The SMILES string of the molecule is CN(C(=O)C1(C(F)(F)F)CCNC1)c1ccccc1. The minimum atomic E-state index is -4.55. The molecule has 2 rings (SSSR count). The van der Waals surface area contributed by atoms with E-state index in [2.05, 4.69) is 5.32 Å². The van der Waals surface area contributed by atoms with E-state index in [1.807, 2.05) is 0 Å². The van der Waals surface area contributed by atoms with Crippen LogP contribution in [0, 0.1) is 5.41 Å². The summed E-state index contributed by atoms with van der Waals surface area (Å²) in [5.41, 5.74) is -1.85. The molecule has 1 saturated heterocycles. The lowest BCUT2D eigenvalue weighted by atomic mass is 9.84.